The number of hydrogen-bond donors (Lipinski definition) is 1. The Morgan fingerprint density at radius 3 is 2.85 bits per heavy atom. The third-order valence-electron chi connectivity index (χ3n) is 1.76. The van der Waals surface area contributed by atoms with E-state index in [-0.39, 0.29) is 0 Å². The van der Waals surface area contributed by atoms with Crippen molar-refractivity contribution in [3.63, 3.8) is 0 Å². The van der Waals surface area contributed by atoms with Crippen LogP contribution in [0, 0.1) is 7.14 Å². The van der Waals surface area contributed by atoms with Crippen LogP contribution in [0.25, 0.3) is 10.9 Å². The minimum absolute atomic E-state index is 0.325. The number of halogens is 2. The number of phenols is 1. The van der Waals surface area contributed by atoms with Gasteiger partial charge in [0, 0.05) is 15.2 Å². The first-order valence-electron chi connectivity index (χ1n) is 3.62. The van der Waals surface area contributed by atoms with Crippen LogP contribution in [0.1, 0.15) is 0 Å². The lowest BCUT2D eigenvalue weighted by Gasteiger charge is -2.03. The molecule has 0 saturated carbocycles. The smallest absolute Gasteiger partial charge is 0.130 e. The molecule has 1 N–H and O–H groups in total. The number of hydrogen-bond acceptors (Lipinski definition) is 2. The molecule has 13 heavy (non-hydrogen) atoms. The van der Waals surface area contributed by atoms with Gasteiger partial charge in [0.2, 0.25) is 0 Å². The Morgan fingerprint density at radius 2 is 2.08 bits per heavy atom. The molecule has 0 bridgehead atoms. The zero-order valence-corrected chi connectivity index (χ0v) is 10.8. The summed E-state index contributed by atoms with van der Waals surface area (Å²) < 4.78 is 1.84. The molecule has 1 aromatic heterocycles. The zero-order chi connectivity index (χ0) is 9.42. The second-order valence-electron chi connectivity index (χ2n) is 2.59. The van der Waals surface area contributed by atoms with Crippen LogP contribution in [-0.4, -0.2) is 10.1 Å². The van der Waals surface area contributed by atoms with Crippen LogP contribution >= 0.6 is 45.2 Å². The van der Waals surface area contributed by atoms with Crippen molar-refractivity contribution in [2.75, 3.05) is 0 Å². The molecule has 0 spiro atoms. The number of rotatable bonds is 0. The van der Waals surface area contributed by atoms with E-state index in [0.29, 0.717) is 5.75 Å². The Morgan fingerprint density at radius 1 is 1.31 bits per heavy atom. The van der Waals surface area contributed by atoms with Crippen molar-refractivity contribution in [2.45, 2.75) is 0 Å². The van der Waals surface area contributed by atoms with Crippen molar-refractivity contribution >= 4 is 56.1 Å². The maximum absolute atomic E-state index is 9.56. The predicted molar refractivity (Wildman–Crippen MR) is 68.8 cm³/mol. The van der Waals surface area contributed by atoms with Gasteiger partial charge in [-0.3, -0.25) is 4.98 Å². The average Bonchev–Trinajstić information content (AvgIpc) is 2.15. The van der Waals surface area contributed by atoms with Crippen LogP contribution in [0.15, 0.2) is 24.4 Å². The predicted octanol–water partition coefficient (Wildman–Crippen LogP) is 3.15. The van der Waals surface area contributed by atoms with Gasteiger partial charge in [0.1, 0.15) is 5.75 Å². The molecule has 0 aliphatic rings. The molecule has 0 aliphatic carbocycles. The highest BCUT2D eigenvalue weighted by Crippen LogP contribution is 2.30. The summed E-state index contributed by atoms with van der Waals surface area (Å²) in [7, 11) is 0. The summed E-state index contributed by atoms with van der Waals surface area (Å²) in [5.41, 5.74) is 0.949. The molecular formula is C9H5I2NO. The molecule has 1 aromatic carbocycles. The molecule has 2 aromatic rings. The van der Waals surface area contributed by atoms with Crippen LogP contribution < -0.4 is 0 Å². The summed E-state index contributed by atoms with van der Waals surface area (Å²) in [6.45, 7) is 0. The Kier molecular flexibility index (Phi) is 2.59. The van der Waals surface area contributed by atoms with E-state index in [1.807, 2.05) is 12.1 Å². The van der Waals surface area contributed by atoms with Gasteiger partial charge >= 0.3 is 0 Å². The summed E-state index contributed by atoms with van der Waals surface area (Å²) in [5, 5.41) is 10.6. The largest absolute Gasteiger partial charge is 0.507 e. The van der Waals surface area contributed by atoms with E-state index in [9.17, 15) is 5.11 Å². The molecule has 0 aliphatic heterocycles. The number of pyridine rings is 1. The third kappa shape index (κ3) is 1.61. The number of phenolic OH excluding ortho intramolecular Hbond substituents is 1. The van der Waals surface area contributed by atoms with Crippen LogP contribution in [-0.2, 0) is 0 Å². The van der Waals surface area contributed by atoms with Crippen molar-refractivity contribution in [3.8, 4) is 5.75 Å². The normalized spacial score (nSPS) is 10.6. The first kappa shape index (κ1) is 9.45. The molecule has 4 heteroatoms. The van der Waals surface area contributed by atoms with E-state index < -0.39 is 0 Å². The van der Waals surface area contributed by atoms with Gasteiger partial charge in [0.25, 0.3) is 0 Å². The molecule has 2 nitrogen and oxygen atoms in total. The van der Waals surface area contributed by atoms with Crippen LogP contribution in [0.2, 0.25) is 0 Å². The van der Waals surface area contributed by atoms with E-state index in [0.717, 1.165) is 18.0 Å². The van der Waals surface area contributed by atoms with Gasteiger partial charge < -0.3 is 5.11 Å². The second-order valence-corrected chi connectivity index (χ2v) is 4.83. The number of nitrogens with zero attached hydrogens (tertiary/aromatic N) is 1. The summed E-state index contributed by atoms with van der Waals surface area (Å²) >= 11 is 4.30. The molecular weight excluding hydrogens is 392 g/mol. The minimum Gasteiger partial charge on any atom is -0.507 e. The fraction of sp³-hybridized carbons (Fsp3) is 0. The average molecular weight is 397 g/mol. The van der Waals surface area contributed by atoms with Crippen molar-refractivity contribution in [3.05, 3.63) is 31.5 Å². The van der Waals surface area contributed by atoms with Gasteiger partial charge in [0.15, 0.2) is 0 Å². The van der Waals surface area contributed by atoms with Crippen molar-refractivity contribution in [1.29, 1.82) is 0 Å². The first-order valence-corrected chi connectivity index (χ1v) is 5.77. The van der Waals surface area contributed by atoms with Gasteiger partial charge in [-0.05, 0) is 57.3 Å². The lowest BCUT2D eigenvalue weighted by molar-refractivity contribution is 0.472. The second kappa shape index (κ2) is 3.56. The summed E-state index contributed by atoms with van der Waals surface area (Å²) in [6, 6.07) is 5.57. The van der Waals surface area contributed by atoms with Gasteiger partial charge in [-0.2, -0.15) is 0 Å². The Hall–Kier alpha value is -0.110. The van der Waals surface area contributed by atoms with Gasteiger partial charge in [-0.25, -0.2) is 0 Å². The SMILES string of the molecule is Oc1cc(I)c2ncccc2c1I. The summed E-state index contributed by atoms with van der Waals surface area (Å²) in [4.78, 5) is 4.26. The highest BCUT2D eigenvalue weighted by atomic mass is 127. The molecule has 0 atom stereocenters. The molecule has 0 amide bonds. The maximum Gasteiger partial charge on any atom is 0.130 e. The highest BCUT2D eigenvalue weighted by Gasteiger charge is 2.07. The molecule has 0 saturated heterocycles. The maximum atomic E-state index is 9.56. The van der Waals surface area contributed by atoms with Gasteiger partial charge in [0.05, 0.1) is 9.09 Å². The molecule has 66 valence electrons. The number of fused-ring (bicyclic) bond motifs is 1. The zero-order valence-electron chi connectivity index (χ0n) is 6.46. The topological polar surface area (TPSA) is 33.1 Å². The van der Waals surface area contributed by atoms with Crippen molar-refractivity contribution in [2.24, 2.45) is 0 Å². The minimum atomic E-state index is 0.325. The van der Waals surface area contributed by atoms with Crippen molar-refractivity contribution in [1.82, 2.24) is 4.98 Å². The van der Waals surface area contributed by atoms with E-state index in [1.54, 1.807) is 12.3 Å². The number of aromatic hydroxyl groups is 1. The quantitative estimate of drug-likeness (QED) is 0.694. The third-order valence-corrected chi connectivity index (χ3v) is 3.71. The first-order chi connectivity index (χ1) is 6.20. The monoisotopic (exact) mass is 397 g/mol. The summed E-state index contributed by atoms with van der Waals surface area (Å²) in [5.74, 6) is 0.325. The fourth-order valence-electron chi connectivity index (χ4n) is 1.16. The number of benzene rings is 1. The van der Waals surface area contributed by atoms with Gasteiger partial charge in [-0.15, -0.1) is 0 Å². The molecule has 0 radical (unpaired) electrons. The Labute approximate surface area is 103 Å². The standard InChI is InChI=1S/C9H5I2NO/c10-6-4-7(13)8(11)5-2-1-3-12-9(5)6/h1-4,13H. The van der Waals surface area contributed by atoms with E-state index in [1.165, 1.54) is 0 Å². The van der Waals surface area contributed by atoms with Crippen LogP contribution in [0.3, 0.4) is 0 Å². The Balaban J connectivity index is 2.97. The molecule has 2 rings (SSSR count). The van der Waals surface area contributed by atoms with E-state index in [4.69, 9.17) is 0 Å². The van der Waals surface area contributed by atoms with Crippen LogP contribution in [0.5, 0.6) is 5.75 Å². The van der Waals surface area contributed by atoms with E-state index >= 15 is 0 Å². The molecule has 1 heterocycles. The van der Waals surface area contributed by atoms with Crippen LogP contribution in [0.4, 0.5) is 0 Å². The van der Waals surface area contributed by atoms with Gasteiger partial charge in [-0.1, -0.05) is 6.07 Å². The highest BCUT2D eigenvalue weighted by molar-refractivity contribution is 14.1. The lowest BCUT2D eigenvalue weighted by atomic mass is 10.2. The Bertz CT molecular complexity index is 470. The lowest BCUT2D eigenvalue weighted by Crippen LogP contribution is -1.86. The molecule has 0 unspecified atom stereocenters. The number of aromatic nitrogens is 1. The van der Waals surface area contributed by atoms with E-state index in [2.05, 4.69) is 50.2 Å². The summed E-state index contributed by atoms with van der Waals surface area (Å²) in [6.07, 6.45) is 1.76. The van der Waals surface area contributed by atoms with Crippen molar-refractivity contribution < 1.29 is 5.11 Å². The molecule has 0 fully saturated rings. The fourth-order valence-corrected chi connectivity index (χ4v) is 2.48.